The van der Waals surface area contributed by atoms with Gasteiger partial charge in [-0.2, -0.15) is 0 Å². The maximum atomic E-state index is 14.8. The summed E-state index contributed by atoms with van der Waals surface area (Å²) in [6, 6.07) is 0. The van der Waals surface area contributed by atoms with E-state index in [4.69, 9.17) is 0 Å². The Morgan fingerprint density at radius 2 is 1.61 bits per heavy atom. The van der Waals surface area contributed by atoms with Crippen molar-refractivity contribution in [3.8, 4) is 0 Å². The van der Waals surface area contributed by atoms with Gasteiger partial charge in [0, 0.05) is 23.2 Å². The van der Waals surface area contributed by atoms with Crippen molar-refractivity contribution in [3.63, 3.8) is 0 Å². The van der Waals surface area contributed by atoms with Crippen LogP contribution in [0.25, 0.3) is 0 Å². The summed E-state index contributed by atoms with van der Waals surface area (Å²) in [7, 11) is 0. The van der Waals surface area contributed by atoms with Gasteiger partial charge in [0.2, 0.25) is 0 Å². The summed E-state index contributed by atoms with van der Waals surface area (Å²) in [5.74, 6) is 2.58. The van der Waals surface area contributed by atoms with Crippen molar-refractivity contribution < 1.29 is 20.1 Å². The zero-order valence-corrected chi connectivity index (χ0v) is 27.7. The molecule has 5 aliphatic carbocycles. The lowest BCUT2D eigenvalue weighted by Crippen LogP contribution is -2.70. The highest BCUT2D eigenvalue weighted by Gasteiger charge is 2.70. The van der Waals surface area contributed by atoms with E-state index in [1.807, 2.05) is 6.92 Å². The molecule has 0 aliphatic heterocycles. The van der Waals surface area contributed by atoms with Crippen LogP contribution in [0.5, 0.6) is 0 Å². The third kappa shape index (κ3) is 5.01. The van der Waals surface area contributed by atoms with Gasteiger partial charge in [-0.3, -0.25) is 4.79 Å². The Kier molecular flexibility index (Phi) is 8.95. The number of carbonyl (C=O) groups excluding carboxylic acids is 1. The SMILES string of the molecule is CCCCC(C1CCC(C)CC1)C1CCC2C[C@@]3(C)C[C@@]4(C)CC(C)C(C(C)O)C(O)[C@@]4(C)C(C)C3C(=O)C2C1O. The van der Waals surface area contributed by atoms with Crippen LogP contribution in [0.15, 0.2) is 0 Å². The topological polar surface area (TPSA) is 77.8 Å². The second kappa shape index (κ2) is 11.5. The fraction of sp³-hybridized carbons (Fsp3) is 0.973. The summed E-state index contributed by atoms with van der Waals surface area (Å²) in [6.07, 6.45) is 12.2. The van der Waals surface area contributed by atoms with E-state index in [1.54, 1.807) is 0 Å². The van der Waals surface area contributed by atoms with Crippen LogP contribution in [0.1, 0.15) is 132 Å². The molecular formula is C37H64O4. The predicted molar refractivity (Wildman–Crippen MR) is 166 cm³/mol. The Labute approximate surface area is 251 Å². The number of ketones is 1. The molecule has 0 aromatic heterocycles. The van der Waals surface area contributed by atoms with Gasteiger partial charge in [0.05, 0.1) is 18.3 Å². The maximum absolute atomic E-state index is 14.8. The van der Waals surface area contributed by atoms with Gasteiger partial charge in [-0.05, 0) is 111 Å². The number of carbonyl (C=O) groups is 1. The third-order valence-corrected chi connectivity index (χ3v) is 14.9. The van der Waals surface area contributed by atoms with Gasteiger partial charge in [0.15, 0.2) is 0 Å². The first-order chi connectivity index (χ1) is 19.2. The van der Waals surface area contributed by atoms with Crippen molar-refractivity contribution in [2.45, 2.75) is 151 Å². The van der Waals surface area contributed by atoms with Gasteiger partial charge in [-0.1, -0.05) is 74.1 Å². The van der Waals surface area contributed by atoms with Crippen molar-refractivity contribution in [2.24, 2.45) is 75.4 Å². The molecule has 236 valence electrons. The first-order valence-electron chi connectivity index (χ1n) is 17.8. The molecule has 0 saturated heterocycles. The molecule has 5 saturated carbocycles. The molecule has 0 heterocycles. The average molecular weight is 573 g/mol. The molecule has 0 amide bonds. The Hall–Kier alpha value is -0.450. The van der Waals surface area contributed by atoms with E-state index in [9.17, 15) is 20.1 Å². The summed E-state index contributed by atoms with van der Waals surface area (Å²) in [4.78, 5) is 14.8. The predicted octanol–water partition coefficient (Wildman–Crippen LogP) is 7.67. The molecule has 5 rings (SSSR count). The molecule has 5 aliphatic rings. The number of rotatable bonds is 6. The minimum Gasteiger partial charge on any atom is -0.393 e. The Bertz CT molecular complexity index is 939. The summed E-state index contributed by atoms with van der Waals surface area (Å²) < 4.78 is 0. The van der Waals surface area contributed by atoms with Crippen LogP contribution >= 0.6 is 0 Å². The number of Topliss-reactive ketones (excluding diaryl/α,β-unsaturated/α-hetero) is 1. The summed E-state index contributed by atoms with van der Waals surface area (Å²) in [5, 5.41) is 34.9. The zero-order valence-electron chi connectivity index (χ0n) is 27.7. The van der Waals surface area contributed by atoms with Crippen molar-refractivity contribution >= 4 is 5.78 Å². The lowest BCUT2D eigenvalue weighted by Gasteiger charge is -2.70. The number of aliphatic hydroxyl groups is 3. The van der Waals surface area contributed by atoms with E-state index in [1.165, 1.54) is 44.9 Å². The van der Waals surface area contributed by atoms with Crippen molar-refractivity contribution in [2.75, 3.05) is 0 Å². The monoisotopic (exact) mass is 572 g/mol. The second-order valence-electron chi connectivity index (χ2n) is 17.3. The molecule has 0 spiro atoms. The number of fused-ring (bicyclic) bond motifs is 3. The molecule has 0 aromatic carbocycles. The van der Waals surface area contributed by atoms with Crippen LogP contribution in [0.2, 0.25) is 0 Å². The summed E-state index contributed by atoms with van der Waals surface area (Å²) >= 11 is 0. The molecule has 0 bridgehead atoms. The molecule has 4 heteroatoms. The summed E-state index contributed by atoms with van der Waals surface area (Å²) in [6.45, 7) is 17.9. The standard InChI is InChI=1S/C37H64O4/c1-9-10-11-27(25-14-12-21(2)13-15-25)28-17-16-26-19-35(6)20-36(7)18-22(3)29(24(5)38)34(41)37(36,8)23(4)31(35)33(40)30(26)32(28)39/h21-32,34,38-39,41H,9-20H2,1-8H3/t21?,22?,23?,24?,25?,26?,27?,28?,29?,30?,31?,32?,34?,35-,36+,37+/m0/s1. The average Bonchev–Trinajstić information content (AvgIpc) is 2.88. The molecule has 4 nitrogen and oxygen atoms in total. The highest BCUT2D eigenvalue weighted by atomic mass is 16.3. The number of aliphatic hydroxyl groups excluding tert-OH is 3. The molecule has 14 atom stereocenters. The van der Waals surface area contributed by atoms with Gasteiger partial charge < -0.3 is 15.3 Å². The van der Waals surface area contributed by atoms with Crippen molar-refractivity contribution in [3.05, 3.63) is 0 Å². The fourth-order valence-electron chi connectivity index (χ4n) is 12.9. The van der Waals surface area contributed by atoms with E-state index in [2.05, 4.69) is 48.5 Å². The molecule has 41 heavy (non-hydrogen) atoms. The van der Waals surface area contributed by atoms with Gasteiger partial charge in [0.1, 0.15) is 5.78 Å². The van der Waals surface area contributed by atoms with Crippen molar-refractivity contribution in [1.29, 1.82) is 0 Å². The van der Waals surface area contributed by atoms with Crippen molar-refractivity contribution in [1.82, 2.24) is 0 Å². The van der Waals surface area contributed by atoms with Crippen LogP contribution in [0, 0.1) is 75.4 Å². The minimum absolute atomic E-state index is 0.00625. The molecule has 11 unspecified atom stereocenters. The highest BCUT2D eigenvalue weighted by molar-refractivity contribution is 5.86. The van der Waals surface area contributed by atoms with Crippen LogP contribution in [-0.2, 0) is 4.79 Å². The minimum atomic E-state index is -0.641. The zero-order chi connectivity index (χ0) is 30.1. The van der Waals surface area contributed by atoms with Gasteiger partial charge in [0.25, 0.3) is 0 Å². The quantitative estimate of drug-likeness (QED) is 0.305. The van der Waals surface area contributed by atoms with Crippen LogP contribution in [0.4, 0.5) is 0 Å². The third-order valence-electron chi connectivity index (χ3n) is 14.9. The molecular weight excluding hydrogens is 508 g/mol. The van der Waals surface area contributed by atoms with Crippen LogP contribution in [-0.4, -0.2) is 39.4 Å². The largest absolute Gasteiger partial charge is 0.393 e. The van der Waals surface area contributed by atoms with Gasteiger partial charge >= 0.3 is 0 Å². The lowest BCUT2D eigenvalue weighted by atomic mass is 9.34. The highest BCUT2D eigenvalue weighted by Crippen LogP contribution is 2.72. The van der Waals surface area contributed by atoms with E-state index in [0.29, 0.717) is 17.6 Å². The van der Waals surface area contributed by atoms with Gasteiger partial charge in [-0.25, -0.2) is 0 Å². The molecule has 3 N–H and O–H groups in total. The van der Waals surface area contributed by atoms with Crippen LogP contribution < -0.4 is 0 Å². The number of hydrogen-bond acceptors (Lipinski definition) is 4. The molecule has 0 aromatic rings. The first-order valence-corrected chi connectivity index (χ1v) is 17.8. The Balaban J connectivity index is 1.45. The number of unbranched alkanes of at least 4 members (excludes halogenated alkanes) is 1. The normalized spacial score (nSPS) is 53.5. The van der Waals surface area contributed by atoms with E-state index >= 15 is 0 Å². The fourth-order valence-corrected chi connectivity index (χ4v) is 12.9. The smallest absolute Gasteiger partial charge is 0.142 e. The molecule has 0 radical (unpaired) electrons. The Morgan fingerprint density at radius 3 is 2.22 bits per heavy atom. The van der Waals surface area contributed by atoms with E-state index in [0.717, 1.165) is 38.0 Å². The van der Waals surface area contributed by atoms with E-state index < -0.39 is 23.7 Å². The first kappa shape index (κ1) is 32.0. The van der Waals surface area contributed by atoms with E-state index in [-0.39, 0.29) is 52.3 Å². The number of hydrogen-bond donors (Lipinski definition) is 3. The Morgan fingerprint density at radius 1 is 0.951 bits per heavy atom. The lowest BCUT2D eigenvalue weighted by molar-refractivity contribution is -0.252. The van der Waals surface area contributed by atoms with Gasteiger partial charge in [-0.15, -0.1) is 0 Å². The second-order valence-corrected chi connectivity index (χ2v) is 17.3. The maximum Gasteiger partial charge on any atom is 0.142 e. The molecule has 5 fully saturated rings. The summed E-state index contributed by atoms with van der Waals surface area (Å²) in [5.41, 5.74) is -0.639. The van der Waals surface area contributed by atoms with Crippen LogP contribution in [0.3, 0.4) is 0 Å².